The highest BCUT2D eigenvalue weighted by atomic mass is 16.5. The predicted molar refractivity (Wildman–Crippen MR) is 48.9 cm³/mol. The lowest BCUT2D eigenvalue weighted by Crippen LogP contribution is -1.79. The molecular formula is C9H10N2O2. The Hall–Kier alpha value is -1.84. The molecule has 0 aliphatic rings. The van der Waals surface area contributed by atoms with Gasteiger partial charge < -0.3 is 9.63 Å². The Morgan fingerprint density at radius 1 is 1.62 bits per heavy atom. The maximum absolute atomic E-state index is 8.91. The predicted octanol–water partition coefficient (Wildman–Crippen LogP) is 2.10. The molecule has 1 heterocycles. The van der Waals surface area contributed by atoms with E-state index < -0.39 is 0 Å². The van der Waals surface area contributed by atoms with Crippen molar-refractivity contribution < 1.29 is 9.63 Å². The number of aliphatic hydroxyl groups excluding tert-OH is 1. The van der Waals surface area contributed by atoms with Crippen LogP contribution in [0.3, 0.4) is 0 Å². The van der Waals surface area contributed by atoms with Crippen LogP contribution in [0.1, 0.15) is 12.8 Å². The molecule has 4 nitrogen and oxygen atoms in total. The molecule has 0 fully saturated rings. The molecule has 0 radical (unpaired) electrons. The van der Waals surface area contributed by atoms with Crippen LogP contribution >= 0.6 is 0 Å². The van der Waals surface area contributed by atoms with Crippen molar-refractivity contribution in [1.82, 2.24) is 10.1 Å². The molecule has 1 N–H and O–H groups in total. The lowest BCUT2D eigenvalue weighted by molar-refractivity contribution is 0.407. The van der Waals surface area contributed by atoms with Gasteiger partial charge in [0.2, 0.25) is 0 Å². The number of nitrogens with zero attached hydrogens (tertiary/aromatic N) is 2. The molecule has 0 unspecified atom stereocenters. The summed E-state index contributed by atoms with van der Waals surface area (Å²) >= 11 is 0. The molecule has 0 aliphatic heterocycles. The van der Waals surface area contributed by atoms with Gasteiger partial charge in [-0.2, -0.15) is 4.98 Å². The van der Waals surface area contributed by atoms with Gasteiger partial charge in [0.05, 0.1) is 5.76 Å². The van der Waals surface area contributed by atoms with Gasteiger partial charge >= 0.3 is 0 Å². The molecule has 0 aliphatic carbocycles. The Balaban J connectivity index is 2.92. The second-order valence-electron chi connectivity index (χ2n) is 2.38. The van der Waals surface area contributed by atoms with E-state index in [4.69, 9.17) is 9.63 Å². The van der Waals surface area contributed by atoms with E-state index in [1.807, 2.05) is 0 Å². The third kappa shape index (κ3) is 2.59. The van der Waals surface area contributed by atoms with Crippen molar-refractivity contribution >= 4 is 5.57 Å². The number of hydrogen-bond acceptors (Lipinski definition) is 4. The van der Waals surface area contributed by atoms with Gasteiger partial charge in [0.25, 0.3) is 5.89 Å². The minimum atomic E-state index is 0.207. The van der Waals surface area contributed by atoms with Crippen molar-refractivity contribution in [2.24, 2.45) is 0 Å². The quantitative estimate of drug-likeness (QED) is 0.568. The Morgan fingerprint density at radius 2 is 2.38 bits per heavy atom. The number of hydrogen-bond donors (Lipinski definition) is 1. The average molecular weight is 178 g/mol. The highest BCUT2D eigenvalue weighted by molar-refractivity contribution is 5.68. The van der Waals surface area contributed by atoms with Gasteiger partial charge in [0.15, 0.2) is 6.33 Å². The summed E-state index contributed by atoms with van der Waals surface area (Å²) in [7, 11) is 0. The molecule has 0 saturated heterocycles. The summed E-state index contributed by atoms with van der Waals surface area (Å²) in [4.78, 5) is 3.84. The topological polar surface area (TPSA) is 59.2 Å². The van der Waals surface area contributed by atoms with Gasteiger partial charge in [-0.05, 0) is 19.1 Å². The van der Waals surface area contributed by atoms with Crippen molar-refractivity contribution in [1.29, 1.82) is 0 Å². The smallest absolute Gasteiger partial charge is 0.257 e. The monoisotopic (exact) mass is 178 g/mol. The van der Waals surface area contributed by atoms with E-state index in [-0.39, 0.29) is 5.76 Å². The van der Waals surface area contributed by atoms with Crippen molar-refractivity contribution in [2.75, 3.05) is 0 Å². The first-order valence-electron chi connectivity index (χ1n) is 3.71. The Bertz CT molecular complexity index is 333. The van der Waals surface area contributed by atoms with E-state index >= 15 is 0 Å². The molecule has 0 bridgehead atoms. The normalized spacial score (nSPS) is 13.0. The Morgan fingerprint density at radius 3 is 2.85 bits per heavy atom. The van der Waals surface area contributed by atoms with Crippen molar-refractivity contribution in [3.8, 4) is 0 Å². The second-order valence-corrected chi connectivity index (χ2v) is 2.38. The third-order valence-electron chi connectivity index (χ3n) is 1.33. The van der Waals surface area contributed by atoms with Gasteiger partial charge in [-0.15, -0.1) is 0 Å². The van der Waals surface area contributed by atoms with Gasteiger partial charge in [0, 0.05) is 5.57 Å². The van der Waals surface area contributed by atoms with Gasteiger partial charge in [0.1, 0.15) is 0 Å². The molecule has 0 spiro atoms. The largest absolute Gasteiger partial charge is 0.513 e. The van der Waals surface area contributed by atoms with E-state index in [2.05, 4.69) is 16.7 Å². The Kier molecular flexibility index (Phi) is 3.03. The van der Waals surface area contributed by atoms with Crippen molar-refractivity contribution in [3.05, 3.63) is 42.8 Å². The van der Waals surface area contributed by atoms with E-state index in [0.717, 1.165) is 0 Å². The summed E-state index contributed by atoms with van der Waals surface area (Å²) in [6.45, 7) is 5.16. The fourth-order valence-corrected chi connectivity index (χ4v) is 0.737. The van der Waals surface area contributed by atoms with Crippen LogP contribution in [0.15, 0.2) is 41.4 Å². The number of aromatic nitrogens is 2. The van der Waals surface area contributed by atoms with Crippen LogP contribution in [0.25, 0.3) is 5.57 Å². The summed E-state index contributed by atoms with van der Waals surface area (Å²) < 4.78 is 4.81. The standard InChI is InChI=1S/C9H10N2O2/c1-3-8(5-4-7(2)12)9-10-6-11-13-9/h3-6,12H,1H2,2H3/b7-4+,8-5+. The van der Waals surface area contributed by atoms with E-state index in [1.165, 1.54) is 12.4 Å². The maximum atomic E-state index is 8.91. The molecule has 1 rings (SSSR count). The third-order valence-corrected chi connectivity index (χ3v) is 1.33. The molecule has 0 aromatic carbocycles. The molecule has 0 amide bonds. The molecule has 0 saturated carbocycles. The minimum Gasteiger partial charge on any atom is -0.513 e. The van der Waals surface area contributed by atoms with Gasteiger partial charge in [-0.3, -0.25) is 0 Å². The fourth-order valence-electron chi connectivity index (χ4n) is 0.737. The van der Waals surface area contributed by atoms with Crippen LogP contribution in [0.4, 0.5) is 0 Å². The maximum Gasteiger partial charge on any atom is 0.257 e. The first-order chi connectivity index (χ1) is 6.24. The number of rotatable bonds is 3. The van der Waals surface area contributed by atoms with Gasteiger partial charge in [-0.1, -0.05) is 17.8 Å². The molecular weight excluding hydrogens is 168 g/mol. The van der Waals surface area contributed by atoms with Crippen LogP contribution in [0, 0.1) is 0 Å². The summed E-state index contributed by atoms with van der Waals surface area (Å²) in [5.41, 5.74) is 0.672. The first kappa shape index (κ1) is 9.25. The molecule has 1 aromatic rings. The van der Waals surface area contributed by atoms with Crippen molar-refractivity contribution in [2.45, 2.75) is 6.92 Å². The highest BCUT2D eigenvalue weighted by Gasteiger charge is 2.01. The molecule has 0 atom stereocenters. The number of aliphatic hydroxyl groups is 1. The van der Waals surface area contributed by atoms with Crippen LogP contribution in [0.2, 0.25) is 0 Å². The SMILES string of the molecule is C=C/C(=C\C=C(/C)O)c1ncno1. The zero-order valence-corrected chi connectivity index (χ0v) is 7.27. The summed E-state index contributed by atoms with van der Waals surface area (Å²) in [6, 6.07) is 0. The second kappa shape index (κ2) is 4.25. The van der Waals surface area contributed by atoms with Crippen LogP contribution in [-0.4, -0.2) is 15.2 Å². The van der Waals surface area contributed by atoms with E-state index in [1.54, 1.807) is 19.1 Å². The number of allylic oxidation sites excluding steroid dienone is 5. The molecule has 68 valence electrons. The van der Waals surface area contributed by atoms with E-state index in [9.17, 15) is 0 Å². The van der Waals surface area contributed by atoms with Gasteiger partial charge in [-0.25, -0.2) is 0 Å². The zero-order valence-electron chi connectivity index (χ0n) is 7.27. The summed E-state index contributed by atoms with van der Waals surface area (Å²) in [5.74, 6) is 0.589. The van der Waals surface area contributed by atoms with Crippen LogP contribution in [0.5, 0.6) is 0 Å². The molecule has 13 heavy (non-hydrogen) atoms. The van der Waals surface area contributed by atoms with E-state index in [0.29, 0.717) is 11.5 Å². The molecule has 4 heteroatoms. The average Bonchev–Trinajstić information content (AvgIpc) is 2.58. The Labute approximate surface area is 75.9 Å². The highest BCUT2D eigenvalue weighted by Crippen LogP contribution is 2.11. The summed E-state index contributed by atoms with van der Waals surface area (Å²) in [6.07, 6.45) is 6.06. The van der Waals surface area contributed by atoms with Crippen molar-refractivity contribution in [3.63, 3.8) is 0 Å². The zero-order chi connectivity index (χ0) is 9.68. The minimum absolute atomic E-state index is 0.207. The van der Waals surface area contributed by atoms with Crippen LogP contribution in [-0.2, 0) is 0 Å². The molecule has 1 aromatic heterocycles. The summed E-state index contributed by atoms with van der Waals surface area (Å²) in [5, 5.41) is 12.4. The fraction of sp³-hybridized carbons (Fsp3) is 0.111. The first-order valence-corrected chi connectivity index (χ1v) is 3.71. The van der Waals surface area contributed by atoms with Crippen LogP contribution < -0.4 is 0 Å². The lowest BCUT2D eigenvalue weighted by atomic mass is 10.2. The lowest BCUT2D eigenvalue weighted by Gasteiger charge is -1.91.